The quantitative estimate of drug-likeness (QED) is 0.690. The largest absolute Gasteiger partial charge is 0.408 e. The van der Waals surface area contributed by atoms with Gasteiger partial charge in [0.05, 0.1) is 0 Å². The minimum absolute atomic E-state index is 0.115. The van der Waals surface area contributed by atoms with Crippen molar-refractivity contribution >= 4 is 17.7 Å². The van der Waals surface area contributed by atoms with Crippen molar-refractivity contribution in [3.8, 4) is 0 Å². The van der Waals surface area contributed by atoms with E-state index in [0.29, 0.717) is 6.54 Å². The number of anilines is 1. The summed E-state index contributed by atoms with van der Waals surface area (Å²) in [6, 6.07) is -0.115. The average molecular weight is 304 g/mol. The van der Waals surface area contributed by atoms with Gasteiger partial charge in [0.15, 0.2) is 0 Å². The number of nitrogens with one attached hydrogen (secondary N) is 1. The molecule has 0 aliphatic carbocycles. The third-order valence-corrected chi connectivity index (χ3v) is 2.75. The third-order valence-electron chi connectivity index (χ3n) is 2.75. The van der Waals surface area contributed by atoms with Gasteiger partial charge in [-0.25, -0.2) is 4.68 Å². The van der Waals surface area contributed by atoms with Crippen LogP contribution in [-0.2, 0) is 6.54 Å². The molecule has 0 spiro atoms. The van der Waals surface area contributed by atoms with Gasteiger partial charge in [-0.1, -0.05) is 12.0 Å². The molecule has 0 radical (unpaired) electrons. The topological polar surface area (TPSA) is 133 Å². The van der Waals surface area contributed by atoms with Gasteiger partial charge in [0.25, 0.3) is 11.7 Å². The standard InChI is InChI=1S/C11H12N8O3/c1-3-4-18-11-14-9(21)7(17-19(11)5-12-18)8(20)13-10-16-15-6(2)22-10/h5H,3-4H2,1-2H3,(H,13,16,20). The zero-order chi connectivity index (χ0) is 15.7. The second kappa shape index (κ2) is 5.35. The summed E-state index contributed by atoms with van der Waals surface area (Å²) < 4.78 is 7.82. The highest BCUT2D eigenvalue weighted by atomic mass is 16.4. The van der Waals surface area contributed by atoms with E-state index in [0.717, 1.165) is 6.42 Å². The van der Waals surface area contributed by atoms with Crippen LogP contribution in [0.4, 0.5) is 6.01 Å². The lowest BCUT2D eigenvalue weighted by molar-refractivity contribution is 0.101. The van der Waals surface area contributed by atoms with Crippen molar-refractivity contribution < 1.29 is 9.21 Å². The monoisotopic (exact) mass is 304 g/mol. The normalized spacial score (nSPS) is 11.0. The predicted octanol–water partition coefficient (Wildman–Crippen LogP) is -0.360. The number of aromatic nitrogens is 7. The Balaban J connectivity index is 1.95. The number of hydrogen-bond acceptors (Lipinski definition) is 8. The van der Waals surface area contributed by atoms with Gasteiger partial charge in [-0.2, -0.15) is 19.7 Å². The summed E-state index contributed by atoms with van der Waals surface area (Å²) in [7, 11) is 0. The molecule has 0 bridgehead atoms. The summed E-state index contributed by atoms with van der Waals surface area (Å²) in [5.74, 6) is -0.217. The van der Waals surface area contributed by atoms with Gasteiger partial charge in [-0.05, 0) is 6.42 Å². The first-order valence-corrected chi connectivity index (χ1v) is 6.52. The van der Waals surface area contributed by atoms with Crippen molar-refractivity contribution in [3.63, 3.8) is 0 Å². The second-order valence-electron chi connectivity index (χ2n) is 4.44. The number of hydrogen-bond donors (Lipinski definition) is 1. The van der Waals surface area contributed by atoms with E-state index in [2.05, 4.69) is 30.7 Å². The first-order valence-electron chi connectivity index (χ1n) is 6.52. The smallest absolute Gasteiger partial charge is 0.322 e. The van der Waals surface area contributed by atoms with Crippen LogP contribution in [0.15, 0.2) is 15.5 Å². The average Bonchev–Trinajstić information content (AvgIpc) is 3.05. The van der Waals surface area contributed by atoms with E-state index in [1.54, 1.807) is 6.92 Å². The fraction of sp³-hybridized carbons (Fsp3) is 0.364. The highest BCUT2D eigenvalue weighted by Crippen LogP contribution is 2.05. The van der Waals surface area contributed by atoms with Crippen molar-refractivity contribution in [1.82, 2.24) is 34.6 Å². The molecular weight excluding hydrogens is 292 g/mol. The Labute approximate surface area is 123 Å². The first-order chi connectivity index (χ1) is 10.6. The van der Waals surface area contributed by atoms with Crippen molar-refractivity contribution in [2.75, 3.05) is 5.32 Å². The maximum atomic E-state index is 12.0. The fourth-order valence-electron chi connectivity index (χ4n) is 1.82. The molecule has 11 nitrogen and oxygen atoms in total. The van der Waals surface area contributed by atoms with Crippen LogP contribution in [0.1, 0.15) is 29.7 Å². The molecule has 11 heteroatoms. The van der Waals surface area contributed by atoms with Crippen LogP contribution in [0, 0.1) is 6.92 Å². The van der Waals surface area contributed by atoms with Crippen LogP contribution in [-0.4, -0.2) is 40.5 Å². The Kier molecular flexibility index (Phi) is 3.37. The molecule has 0 aliphatic rings. The van der Waals surface area contributed by atoms with Crippen LogP contribution >= 0.6 is 0 Å². The molecule has 22 heavy (non-hydrogen) atoms. The number of carbonyl (C=O) groups excluding carboxylic acids is 1. The van der Waals surface area contributed by atoms with Crippen LogP contribution in [0.2, 0.25) is 0 Å². The lowest BCUT2D eigenvalue weighted by atomic mass is 10.4. The molecule has 0 atom stereocenters. The maximum absolute atomic E-state index is 12.0. The number of carbonyl (C=O) groups is 1. The summed E-state index contributed by atoms with van der Waals surface area (Å²) in [6.45, 7) is 4.14. The Morgan fingerprint density at radius 2 is 2.23 bits per heavy atom. The molecule has 3 rings (SSSR count). The summed E-state index contributed by atoms with van der Waals surface area (Å²) in [5.41, 5.74) is -1.14. The van der Waals surface area contributed by atoms with Gasteiger partial charge in [-0.15, -0.1) is 5.10 Å². The fourth-order valence-corrected chi connectivity index (χ4v) is 1.82. The van der Waals surface area contributed by atoms with Crippen molar-refractivity contribution in [3.05, 3.63) is 28.3 Å². The van der Waals surface area contributed by atoms with Crippen molar-refractivity contribution in [2.45, 2.75) is 26.8 Å². The number of aryl methyl sites for hydroxylation is 2. The molecule has 3 heterocycles. The molecule has 0 aliphatic heterocycles. The number of fused-ring (bicyclic) bond motifs is 1. The van der Waals surface area contributed by atoms with E-state index in [-0.39, 0.29) is 23.4 Å². The molecule has 0 aromatic carbocycles. The third kappa shape index (κ3) is 2.43. The molecule has 1 N–H and O–H groups in total. The van der Waals surface area contributed by atoms with Gasteiger partial charge < -0.3 is 4.42 Å². The highest BCUT2D eigenvalue weighted by molar-refractivity contribution is 6.01. The lowest BCUT2D eigenvalue weighted by Crippen LogP contribution is -2.27. The number of rotatable bonds is 4. The Hall–Kier alpha value is -3.11. The maximum Gasteiger partial charge on any atom is 0.322 e. The van der Waals surface area contributed by atoms with Gasteiger partial charge in [0, 0.05) is 13.5 Å². The Morgan fingerprint density at radius 3 is 2.91 bits per heavy atom. The molecule has 114 valence electrons. The molecule has 3 aromatic rings. The first kappa shape index (κ1) is 13.9. The van der Waals surface area contributed by atoms with E-state index in [9.17, 15) is 9.59 Å². The summed E-state index contributed by atoms with van der Waals surface area (Å²) in [5, 5.41) is 17.5. The summed E-state index contributed by atoms with van der Waals surface area (Å²) in [6.07, 6.45) is 2.21. The molecule has 0 fully saturated rings. The van der Waals surface area contributed by atoms with E-state index < -0.39 is 11.5 Å². The number of amides is 1. The number of nitrogens with zero attached hydrogens (tertiary/aromatic N) is 7. The van der Waals surface area contributed by atoms with Crippen LogP contribution < -0.4 is 10.9 Å². The van der Waals surface area contributed by atoms with E-state index in [1.165, 1.54) is 15.5 Å². The zero-order valence-electron chi connectivity index (χ0n) is 11.8. The van der Waals surface area contributed by atoms with Gasteiger partial charge in [0.1, 0.15) is 6.33 Å². The van der Waals surface area contributed by atoms with E-state index >= 15 is 0 Å². The lowest BCUT2D eigenvalue weighted by Gasteiger charge is -2.01. The van der Waals surface area contributed by atoms with Crippen LogP contribution in [0.5, 0.6) is 0 Å². The van der Waals surface area contributed by atoms with Gasteiger partial charge in [-0.3, -0.25) is 14.9 Å². The Bertz CT molecular complexity index is 892. The predicted molar refractivity (Wildman–Crippen MR) is 72.3 cm³/mol. The minimum atomic E-state index is -0.779. The summed E-state index contributed by atoms with van der Waals surface area (Å²) in [4.78, 5) is 27.8. The zero-order valence-corrected chi connectivity index (χ0v) is 11.8. The van der Waals surface area contributed by atoms with Crippen molar-refractivity contribution in [2.24, 2.45) is 0 Å². The minimum Gasteiger partial charge on any atom is -0.408 e. The molecule has 3 aromatic heterocycles. The van der Waals surface area contributed by atoms with Crippen LogP contribution in [0.25, 0.3) is 5.78 Å². The molecule has 1 amide bonds. The second-order valence-corrected chi connectivity index (χ2v) is 4.44. The molecule has 0 saturated heterocycles. The molecule has 0 unspecified atom stereocenters. The molecule has 0 saturated carbocycles. The van der Waals surface area contributed by atoms with Gasteiger partial charge in [0.2, 0.25) is 11.6 Å². The summed E-state index contributed by atoms with van der Waals surface area (Å²) >= 11 is 0. The van der Waals surface area contributed by atoms with Crippen molar-refractivity contribution in [1.29, 1.82) is 0 Å². The van der Waals surface area contributed by atoms with E-state index in [1.807, 2.05) is 6.92 Å². The van der Waals surface area contributed by atoms with Gasteiger partial charge >= 0.3 is 11.6 Å². The highest BCUT2D eigenvalue weighted by Gasteiger charge is 2.18. The SMILES string of the molecule is CCCn1ncn2nc(C(=O)Nc3nnc(C)o3)c(=O)nc12. The van der Waals surface area contributed by atoms with E-state index in [4.69, 9.17) is 4.42 Å². The Morgan fingerprint density at radius 1 is 1.41 bits per heavy atom. The van der Waals surface area contributed by atoms with Crippen LogP contribution in [0.3, 0.4) is 0 Å². The molecular formula is C11H12N8O3.